The average molecular weight is 429 g/mol. The lowest BCUT2D eigenvalue weighted by atomic mass is 10.2. The van der Waals surface area contributed by atoms with Crippen LogP contribution >= 0.6 is 15.9 Å². The Kier molecular flexibility index (Phi) is 5.93. The summed E-state index contributed by atoms with van der Waals surface area (Å²) in [5, 5.41) is 7.59. The van der Waals surface area contributed by atoms with Gasteiger partial charge in [-0.1, -0.05) is 15.9 Å². The number of hydrogen-bond acceptors (Lipinski definition) is 4. The number of nitrogens with two attached hydrogens (primary N) is 1. The number of carbonyl (C=O) groups excluding carboxylic acids is 1. The molecule has 0 saturated carbocycles. The summed E-state index contributed by atoms with van der Waals surface area (Å²) in [5.74, 6) is -0.981. The van der Waals surface area contributed by atoms with E-state index in [1.807, 2.05) is 0 Å². The summed E-state index contributed by atoms with van der Waals surface area (Å²) >= 11 is 3.22. The van der Waals surface area contributed by atoms with E-state index in [4.69, 9.17) is 9.88 Å². The molecule has 25 heavy (non-hydrogen) atoms. The number of hydrogen-bond donors (Lipinski definition) is 2. The van der Waals surface area contributed by atoms with Crippen LogP contribution in [0.3, 0.4) is 0 Å². The minimum Gasteiger partial charge on any atom is -0.495 e. The largest absolute Gasteiger partial charge is 0.495 e. The maximum absolute atomic E-state index is 13.6. The SMILES string of the molecule is COc1ccc(NC(=O)/C=C/c2cc(Br)ccc2F)cc1S(N)(=O)=O. The molecule has 0 aliphatic carbocycles. The van der Waals surface area contributed by atoms with Crippen molar-refractivity contribution in [2.45, 2.75) is 4.90 Å². The standard InChI is InChI=1S/C16H14BrFN2O4S/c1-24-14-6-4-12(9-15(14)25(19,22)23)20-16(21)7-2-10-8-11(17)3-5-13(10)18/h2-9H,1H3,(H,20,21)(H2,19,22,23)/b7-2+. The first-order valence-electron chi connectivity index (χ1n) is 6.85. The van der Waals surface area contributed by atoms with Crippen LogP contribution < -0.4 is 15.2 Å². The minimum absolute atomic E-state index is 0.0623. The van der Waals surface area contributed by atoms with Crippen molar-refractivity contribution in [3.63, 3.8) is 0 Å². The molecule has 0 radical (unpaired) electrons. The highest BCUT2D eigenvalue weighted by Crippen LogP contribution is 2.26. The Hall–Kier alpha value is -2.23. The molecule has 0 aromatic heterocycles. The number of carbonyl (C=O) groups is 1. The van der Waals surface area contributed by atoms with Crippen LogP contribution in [-0.4, -0.2) is 21.4 Å². The zero-order valence-corrected chi connectivity index (χ0v) is 15.4. The Labute approximate surface area is 152 Å². The van der Waals surface area contributed by atoms with Crippen molar-refractivity contribution in [2.75, 3.05) is 12.4 Å². The molecule has 0 heterocycles. The zero-order valence-electron chi connectivity index (χ0n) is 13.0. The van der Waals surface area contributed by atoms with Crippen molar-refractivity contribution in [3.8, 4) is 5.75 Å². The van der Waals surface area contributed by atoms with Crippen molar-refractivity contribution in [1.82, 2.24) is 0 Å². The Morgan fingerprint density at radius 3 is 2.64 bits per heavy atom. The van der Waals surface area contributed by atoms with Crippen molar-refractivity contribution < 1.29 is 22.3 Å². The van der Waals surface area contributed by atoms with Gasteiger partial charge in [-0.05, 0) is 42.5 Å². The molecule has 0 fully saturated rings. The molecular formula is C16H14BrFN2O4S. The summed E-state index contributed by atoms with van der Waals surface area (Å²) in [6.07, 6.45) is 2.44. The lowest BCUT2D eigenvalue weighted by molar-refractivity contribution is -0.111. The first-order valence-corrected chi connectivity index (χ1v) is 9.19. The quantitative estimate of drug-likeness (QED) is 0.715. The predicted octanol–water partition coefficient (Wildman–Crippen LogP) is 2.90. The molecule has 0 spiro atoms. The Bertz CT molecular complexity index is 945. The van der Waals surface area contributed by atoms with Gasteiger partial charge >= 0.3 is 0 Å². The Morgan fingerprint density at radius 1 is 1.28 bits per heavy atom. The van der Waals surface area contributed by atoms with Gasteiger partial charge in [0.15, 0.2) is 0 Å². The molecule has 2 rings (SSSR count). The molecular weight excluding hydrogens is 415 g/mol. The summed E-state index contributed by atoms with van der Waals surface area (Å²) in [7, 11) is -2.72. The molecule has 3 N–H and O–H groups in total. The molecule has 0 saturated heterocycles. The number of ether oxygens (including phenoxy) is 1. The molecule has 9 heteroatoms. The fraction of sp³-hybridized carbons (Fsp3) is 0.0625. The van der Waals surface area contributed by atoms with Gasteiger partial charge in [-0.2, -0.15) is 0 Å². The van der Waals surface area contributed by atoms with E-state index in [0.29, 0.717) is 4.47 Å². The third-order valence-electron chi connectivity index (χ3n) is 3.11. The molecule has 0 aliphatic heterocycles. The predicted molar refractivity (Wildman–Crippen MR) is 96.1 cm³/mol. The monoisotopic (exact) mass is 428 g/mol. The van der Waals surface area contributed by atoms with Gasteiger partial charge in [-0.3, -0.25) is 4.79 Å². The number of sulfonamides is 1. The molecule has 0 bridgehead atoms. The first kappa shape index (κ1) is 19.1. The third kappa shape index (κ3) is 5.12. The van der Waals surface area contributed by atoms with E-state index in [2.05, 4.69) is 21.2 Å². The van der Waals surface area contributed by atoms with E-state index in [1.54, 1.807) is 6.07 Å². The maximum atomic E-state index is 13.6. The second kappa shape index (κ2) is 7.77. The highest BCUT2D eigenvalue weighted by atomic mass is 79.9. The van der Waals surface area contributed by atoms with Crippen molar-refractivity contribution in [2.24, 2.45) is 5.14 Å². The van der Waals surface area contributed by atoms with Crippen LogP contribution in [0, 0.1) is 5.82 Å². The third-order valence-corrected chi connectivity index (χ3v) is 4.54. The maximum Gasteiger partial charge on any atom is 0.248 e. The van der Waals surface area contributed by atoms with Gasteiger partial charge in [0.1, 0.15) is 16.5 Å². The van der Waals surface area contributed by atoms with Gasteiger partial charge in [0.2, 0.25) is 15.9 Å². The molecule has 2 aromatic rings. The summed E-state index contributed by atoms with van der Waals surface area (Å²) in [6, 6.07) is 8.33. The van der Waals surface area contributed by atoms with Crippen LogP contribution in [0.15, 0.2) is 51.8 Å². The van der Waals surface area contributed by atoms with Crippen molar-refractivity contribution in [1.29, 1.82) is 0 Å². The summed E-state index contributed by atoms with van der Waals surface area (Å²) in [6.45, 7) is 0. The van der Waals surface area contributed by atoms with E-state index in [1.165, 1.54) is 43.5 Å². The summed E-state index contributed by atoms with van der Waals surface area (Å²) < 4.78 is 42.3. The normalized spacial score (nSPS) is 11.5. The molecule has 0 unspecified atom stereocenters. The van der Waals surface area contributed by atoms with E-state index < -0.39 is 21.7 Å². The van der Waals surface area contributed by atoms with Crippen LogP contribution in [-0.2, 0) is 14.8 Å². The number of primary sulfonamides is 1. The van der Waals surface area contributed by atoms with E-state index in [-0.39, 0.29) is 21.9 Å². The second-order valence-electron chi connectivity index (χ2n) is 4.90. The van der Waals surface area contributed by atoms with Crippen molar-refractivity contribution >= 4 is 43.6 Å². The van der Waals surface area contributed by atoms with E-state index >= 15 is 0 Å². The van der Waals surface area contributed by atoms with Crippen LogP contribution in [0.5, 0.6) is 5.75 Å². The van der Waals surface area contributed by atoms with Crippen LogP contribution in [0.2, 0.25) is 0 Å². The molecule has 132 valence electrons. The fourth-order valence-electron chi connectivity index (χ4n) is 1.97. The second-order valence-corrected chi connectivity index (χ2v) is 7.34. The Morgan fingerprint density at radius 2 is 2.00 bits per heavy atom. The van der Waals surface area contributed by atoms with Crippen LogP contribution in [0.4, 0.5) is 10.1 Å². The van der Waals surface area contributed by atoms with Gasteiger partial charge in [0, 0.05) is 21.8 Å². The number of amides is 1. The molecule has 0 aliphatic rings. The lowest BCUT2D eigenvalue weighted by Crippen LogP contribution is -2.15. The number of benzene rings is 2. The number of anilines is 1. The highest BCUT2D eigenvalue weighted by Gasteiger charge is 2.16. The first-order chi connectivity index (χ1) is 11.7. The molecule has 1 amide bonds. The van der Waals surface area contributed by atoms with Crippen LogP contribution in [0.1, 0.15) is 5.56 Å². The fourth-order valence-corrected chi connectivity index (χ4v) is 3.07. The van der Waals surface area contributed by atoms with Crippen molar-refractivity contribution in [3.05, 3.63) is 58.3 Å². The van der Waals surface area contributed by atoms with E-state index in [9.17, 15) is 17.6 Å². The number of halogens is 2. The number of methoxy groups -OCH3 is 1. The number of nitrogens with one attached hydrogen (secondary N) is 1. The average Bonchev–Trinajstić information content (AvgIpc) is 2.55. The zero-order chi connectivity index (χ0) is 18.6. The van der Waals surface area contributed by atoms with Gasteiger partial charge in [0.25, 0.3) is 0 Å². The van der Waals surface area contributed by atoms with E-state index in [0.717, 1.165) is 6.08 Å². The molecule has 2 aromatic carbocycles. The van der Waals surface area contributed by atoms with Crippen LogP contribution in [0.25, 0.3) is 6.08 Å². The summed E-state index contributed by atoms with van der Waals surface area (Å²) in [4.78, 5) is 11.7. The van der Waals surface area contributed by atoms with Gasteiger partial charge < -0.3 is 10.1 Å². The molecule has 6 nitrogen and oxygen atoms in total. The molecule has 0 atom stereocenters. The smallest absolute Gasteiger partial charge is 0.248 e. The summed E-state index contributed by atoms with van der Waals surface area (Å²) in [5.41, 5.74) is 0.429. The lowest BCUT2D eigenvalue weighted by Gasteiger charge is -2.09. The Balaban J connectivity index is 2.21. The number of rotatable bonds is 5. The topological polar surface area (TPSA) is 98.5 Å². The minimum atomic E-state index is -4.02. The van der Waals surface area contributed by atoms with Gasteiger partial charge in [0.05, 0.1) is 7.11 Å². The highest BCUT2D eigenvalue weighted by molar-refractivity contribution is 9.10. The van der Waals surface area contributed by atoms with Gasteiger partial charge in [-0.15, -0.1) is 0 Å². The van der Waals surface area contributed by atoms with Gasteiger partial charge in [-0.25, -0.2) is 17.9 Å².